The third-order valence-electron chi connectivity index (χ3n) is 4.89. The van der Waals surface area contributed by atoms with Gasteiger partial charge in [-0.25, -0.2) is 14.2 Å². The summed E-state index contributed by atoms with van der Waals surface area (Å²) < 4.78 is 29.8. The number of nitro groups is 1. The van der Waals surface area contributed by atoms with Crippen molar-refractivity contribution in [1.29, 1.82) is 0 Å². The van der Waals surface area contributed by atoms with Crippen molar-refractivity contribution in [3.8, 4) is 11.5 Å². The van der Waals surface area contributed by atoms with Crippen LogP contribution in [-0.4, -0.2) is 23.4 Å². The summed E-state index contributed by atoms with van der Waals surface area (Å²) in [6, 6.07) is 14.8. The van der Waals surface area contributed by atoms with Crippen molar-refractivity contribution < 1.29 is 28.3 Å². The Morgan fingerprint density at radius 3 is 2.57 bits per heavy atom. The number of ether oxygens (including phenoxy) is 3. The monoisotopic (exact) mass is 496 g/mol. The molecule has 1 aliphatic heterocycles. The fraction of sp³-hybridized carbons (Fsp3) is 0.120. The Balaban J connectivity index is 1.58. The molecule has 0 spiro atoms. The molecule has 0 atom stereocenters. The first-order chi connectivity index (χ1) is 16.8. The van der Waals surface area contributed by atoms with E-state index in [0.717, 1.165) is 5.56 Å². The van der Waals surface area contributed by atoms with Crippen molar-refractivity contribution in [1.82, 2.24) is 0 Å². The Morgan fingerprint density at radius 1 is 1.09 bits per heavy atom. The predicted molar refractivity (Wildman–Crippen MR) is 127 cm³/mol. The SMILES string of the molecule is CCOc1cc(/C=C2\N=C(c3cc([N+](=O)[O-])ccc3Cl)OC2=O)ccc1OCc1ccc(F)cc1. The van der Waals surface area contributed by atoms with E-state index >= 15 is 0 Å². The number of non-ortho nitro benzene ring substituents is 1. The van der Waals surface area contributed by atoms with Gasteiger partial charge in [-0.15, -0.1) is 0 Å². The van der Waals surface area contributed by atoms with E-state index in [1.165, 1.54) is 36.4 Å². The smallest absolute Gasteiger partial charge is 0.363 e. The van der Waals surface area contributed by atoms with Crippen LogP contribution < -0.4 is 9.47 Å². The molecule has 35 heavy (non-hydrogen) atoms. The van der Waals surface area contributed by atoms with Gasteiger partial charge >= 0.3 is 5.97 Å². The number of nitrogens with zero attached hydrogens (tertiary/aromatic N) is 2. The third-order valence-corrected chi connectivity index (χ3v) is 5.22. The molecule has 178 valence electrons. The first-order valence-electron chi connectivity index (χ1n) is 10.4. The van der Waals surface area contributed by atoms with E-state index < -0.39 is 10.9 Å². The lowest BCUT2D eigenvalue weighted by molar-refractivity contribution is -0.384. The van der Waals surface area contributed by atoms with Gasteiger partial charge in [-0.05, 0) is 54.5 Å². The van der Waals surface area contributed by atoms with E-state index in [4.69, 9.17) is 25.8 Å². The van der Waals surface area contributed by atoms with E-state index in [2.05, 4.69) is 4.99 Å². The molecule has 0 bridgehead atoms. The van der Waals surface area contributed by atoms with Crippen molar-refractivity contribution in [3.63, 3.8) is 0 Å². The van der Waals surface area contributed by atoms with Gasteiger partial charge in [0.25, 0.3) is 5.69 Å². The van der Waals surface area contributed by atoms with Crippen LogP contribution in [-0.2, 0) is 16.1 Å². The molecule has 0 N–H and O–H groups in total. The Morgan fingerprint density at radius 2 is 1.86 bits per heavy atom. The molecule has 0 radical (unpaired) electrons. The van der Waals surface area contributed by atoms with E-state index in [1.807, 2.05) is 6.92 Å². The first kappa shape index (κ1) is 23.9. The molecule has 1 heterocycles. The highest BCUT2D eigenvalue weighted by atomic mass is 35.5. The molecular weight excluding hydrogens is 479 g/mol. The maximum absolute atomic E-state index is 13.1. The molecule has 10 heteroatoms. The fourth-order valence-corrected chi connectivity index (χ4v) is 3.42. The second-order valence-electron chi connectivity index (χ2n) is 7.31. The molecule has 0 fully saturated rings. The number of halogens is 2. The predicted octanol–water partition coefficient (Wildman–Crippen LogP) is 5.71. The highest BCUT2D eigenvalue weighted by Gasteiger charge is 2.27. The minimum Gasteiger partial charge on any atom is -0.490 e. The first-order valence-corrected chi connectivity index (χ1v) is 10.8. The van der Waals surface area contributed by atoms with Crippen molar-refractivity contribution >= 4 is 35.2 Å². The van der Waals surface area contributed by atoms with Crippen LogP contribution in [0.3, 0.4) is 0 Å². The Kier molecular flexibility index (Phi) is 7.07. The minimum absolute atomic E-state index is 0.00926. The highest BCUT2D eigenvalue weighted by Crippen LogP contribution is 2.32. The maximum atomic E-state index is 13.1. The largest absolute Gasteiger partial charge is 0.490 e. The molecule has 0 saturated heterocycles. The van der Waals surface area contributed by atoms with Gasteiger partial charge in [0, 0.05) is 12.1 Å². The number of rotatable bonds is 8. The lowest BCUT2D eigenvalue weighted by Gasteiger charge is -2.13. The van der Waals surface area contributed by atoms with Gasteiger partial charge in [0.1, 0.15) is 12.4 Å². The van der Waals surface area contributed by atoms with Crippen LogP contribution in [0.15, 0.2) is 71.4 Å². The number of carbonyl (C=O) groups is 1. The van der Waals surface area contributed by atoms with Crippen molar-refractivity contribution in [2.24, 2.45) is 4.99 Å². The molecule has 0 aliphatic carbocycles. The summed E-state index contributed by atoms with van der Waals surface area (Å²) in [5, 5.41) is 11.2. The number of hydrogen-bond donors (Lipinski definition) is 0. The van der Waals surface area contributed by atoms with Gasteiger partial charge in [0.05, 0.1) is 22.1 Å². The maximum Gasteiger partial charge on any atom is 0.363 e. The second kappa shape index (κ2) is 10.4. The molecule has 0 saturated carbocycles. The van der Waals surface area contributed by atoms with Gasteiger partial charge in [0.2, 0.25) is 5.90 Å². The summed E-state index contributed by atoms with van der Waals surface area (Å²) in [7, 11) is 0. The van der Waals surface area contributed by atoms with Crippen LogP contribution in [0.5, 0.6) is 11.5 Å². The zero-order chi connectivity index (χ0) is 24.9. The number of carbonyl (C=O) groups excluding carboxylic acids is 1. The molecule has 0 unspecified atom stereocenters. The van der Waals surface area contributed by atoms with Gasteiger partial charge in [-0.2, -0.15) is 0 Å². The van der Waals surface area contributed by atoms with Crippen LogP contribution in [0.2, 0.25) is 5.02 Å². The number of benzene rings is 3. The topological polar surface area (TPSA) is 100 Å². The van der Waals surface area contributed by atoms with Gasteiger partial charge in [-0.1, -0.05) is 29.8 Å². The van der Waals surface area contributed by atoms with Crippen LogP contribution in [0.25, 0.3) is 6.08 Å². The summed E-state index contributed by atoms with van der Waals surface area (Å²) >= 11 is 6.13. The Labute approximate surface area is 204 Å². The van der Waals surface area contributed by atoms with Crippen molar-refractivity contribution in [3.05, 3.63) is 104 Å². The minimum atomic E-state index is -0.725. The van der Waals surface area contributed by atoms with E-state index in [9.17, 15) is 19.3 Å². The third kappa shape index (κ3) is 5.64. The molecule has 0 aromatic heterocycles. The Hall–Kier alpha value is -4.24. The number of cyclic esters (lactones) is 1. The molecular formula is C25H18ClFN2O6. The number of esters is 1. The van der Waals surface area contributed by atoms with Gasteiger partial charge in [-0.3, -0.25) is 10.1 Å². The molecule has 0 amide bonds. The summed E-state index contributed by atoms with van der Waals surface area (Å²) in [5.41, 5.74) is 1.29. The van der Waals surface area contributed by atoms with Gasteiger partial charge < -0.3 is 14.2 Å². The van der Waals surface area contributed by atoms with E-state index in [-0.39, 0.29) is 40.3 Å². The average Bonchev–Trinajstić information content (AvgIpc) is 3.19. The normalized spacial score (nSPS) is 14.0. The quantitative estimate of drug-likeness (QED) is 0.171. The van der Waals surface area contributed by atoms with E-state index in [1.54, 1.807) is 30.3 Å². The summed E-state index contributed by atoms with van der Waals surface area (Å²) in [4.78, 5) is 27.1. The molecule has 3 aromatic carbocycles. The molecule has 3 aromatic rings. The number of nitro benzene ring substituents is 1. The Bertz CT molecular complexity index is 1350. The van der Waals surface area contributed by atoms with Crippen molar-refractivity contribution in [2.75, 3.05) is 6.61 Å². The van der Waals surface area contributed by atoms with Crippen LogP contribution in [0.4, 0.5) is 10.1 Å². The van der Waals surface area contributed by atoms with Crippen molar-refractivity contribution in [2.45, 2.75) is 13.5 Å². The fourth-order valence-electron chi connectivity index (χ4n) is 3.22. The van der Waals surface area contributed by atoms with Crippen LogP contribution >= 0.6 is 11.6 Å². The van der Waals surface area contributed by atoms with Crippen LogP contribution in [0.1, 0.15) is 23.6 Å². The lowest BCUT2D eigenvalue weighted by Crippen LogP contribution is -2.06. The zero-order valence-corrected chi connectivity index (χ0v) is 19.1. The second-order valence-corrected chi connectivity index (χ2v) is 7.72. The van der Waals surface area contributed by atoms with Crippen LogP contribution in [0, 0.1) is 15.9 Å². The van der Waals surface area contributed by atoms with E-state index in [0.29, 0.717) is 23.7 Å². The highest BCUT2D eigenvalue weighted by molar-refractivity contribution is 6.34. The lowest BCUT2D eigenvalue weighted by atomic mass is 10.1. The molecule has 1 aliphatic rings. The van der Waals surface area contributed by atoms with Gasteiger partial charge in [0.15, 0.2) is 17.2 Å². The summed E-state index contributed by atoms with van der Waals surface area (Å²) in [5.74, 6) is -0.261. The zero-order valence-electron chi connectivity index (χ0n) is 18.4. The summed E-state index contributed by atoms with van der Waals surface area (Å²) in [6.45, 7) is 2.41. The number of aliphatic imine (C=N–C) groups is 1. The standard InChI is InChI=1S/C25H18ClFN2O6/c1-2-33-23-12-16(5-10-22(23)34-14-15-3-6-17(27)7-4-15)11-21-25(30)35-24(28-21)19-13-18(29(31)32)8-9-20(19)26/h3-13H,2,14H2,1H3/b21-11-. The molecule has 8 nitrogen and oxygen atoms in total. The summed E-state index contributed by atoms with van der Waals surface area (Å²) in [6.07, 6.45) is 1.49. The number of hydrogen-bond acceptors (Lipinski definition) is 7. The molecule has 4 rings (SSSR count). The average molecular weight is 497 g/mol.